The first-order valence-electron chi connectivity index (χ1n) is 4.55. The quantitative estimate of drug-likeness (QED) is 0.645. The number of benzene rings is 1. The Morgan fingerprint density at radius 1 is 1.31 bits per heavy atom. The van der Waals surface area contributed by atoms with Gasteiger partial charge < -0.3 is 11.5 Å². The molecule has 0 spiro atoms. The van der Waals surface area contributed by atoms with Gasteiger partial charge in [0.2, 0.25) is 10.0 Å². The largest absolute Gasteiger partial charge is 0.366 e. The van der Waals surface area contributed by atoms with E-state index in [9.17, 15) is 13.2 Å². The van der Waals surface area contributed by atoms with E-state index in [0.29, 0.717) is 0 Å². The van der Waals surface area contributed by atoms with Crippen molar-refractivity contribution in [2.45, 2.75) is 0 Å². The molecule has 88 valence electrons. The number of nitrogens with two attached hydrogens (primary N) is 2. The van der Waals surface area contributed by atoms with Gasteiger partial charge in [0.15, 0.2) is 0 Å². The van der Waals surface area contributed by atoms with Gasteiger partial charge in [-0.05, 0) is 12.1 Å². The Hall–Kier alpha value is -1.60. The molecule has 0 unspecified atom stereocenters. The summed E-state index contributed by atoms with van der Waals surface area (Å²) in [5.41, 5.74) is 10.6. The van der Waals surface area contributed by atoms with Crippen molar-refractivity contribution in [2.75, 3.05) is 17.0 Å². The summed E-state index contributed by atoms with van der Waals surface area (Å²) in [7, 11) is -3.52. The third-order valence-corrected chi connectivity index (χ3v) is 3.15. The molecule has 1 aromatic rings. The van der Waals surface area contributed by atoms with Crippen LogP contribution in [0.3, 0.4) is 0 Å². The fraction of sp³-hybridized carbons (Fsp3) is 0.222. The molecule has 1 amide bonds. The highest BCUT2D eigenvalue weighted by molar-refractivity contribution is 7.92. The minimum Gasteiger partial charge on any atom is -0.366 e. The highest BCUT2D eigenvalue weighted by atomic mass is 32.2. The lowest BCUT2D eigenvalue weighted by Gasteiger charge is -2.09. The van der Waals surface area contributed by atoms with Crippen molar-refractivity contribution in [1.82, 2.24) is 0 Å². The number of carbonyl (C=O) groups is 1. The van der Waals surface area contributed by atoms with E-state index in [1.54, 1.807) is 12.1 Å². The van der Waals surface area contributed by atoms with Crippen LogP contribution in [-0.2, 0) is 10.0 Å². The van der Waals surface area contributed by atoms with Crippen molar-refractivity contribution < 1.29 is 13.2 Å². The highest BCUT2D eigenvalue weighted by Crippen LogP contribution is 2.15. The number of carbonyl (C=O) groups excluding carboxylic acids is 1. The lowest BCUT2D eigenvalue weighted by Crippen LogP contribution is -2.24. The number of anilines is 1. The van der Waals surface area contributed by atoms with E-state index in [0.717, 1.165) is 0 Å². The van der Waals surface area contributed by atoms with Crippen molar-refractivity contribution in [3.63, 3.8) is 0 Å². The van der Waals surface area contributed by atoms with E-state index in [4.69, 9.17) is 11.5 Å². The Balaban J connectivity index is 3.02. The van der Waals surface area contributed by atoms with Gasteiger partial charge in [-0.1, -0.05) is 12.1 Å². The van der Waals surface area contributed by atoms with Crippen LogP contribution in [0.2, 0.25) is 0 Å². The third kappa shape index (κ3) is 3.21. The van der Waals surface area contributed by atoms with Gasteiger partial charge in [0.05, 0.1) is 17.0 Å². The standard InChI is InChI=1S/C9H13N3O3S/c10-5-6-16(14,15)12-8-4-2-1-3-7(8)9(11)13/h1-4,12H,5-6,10H2,(H2,11,13). The van der Waals surface area contributed by atoms with Crippen LogP contribution in [0.1, 0.15) is 10.4 Å². The highest BCUT2D eigenvalue weighted by Gasteiger charge is 2.13. The Morgan fingerprint density at radius 3 is 2.50 bits per heavy atom. The number of sulfonamides is 1. The maximum atomic E-state index is 11.4. The predicted molar refractivity (Wildman–Crippen MR) is 61.4 cm³/mol. The van der Waals surface area contributed by atoms with Gasteiger partial charge in [0.1, 0.15) is 0 Å². The number of hydrogen-bond donors (Lipinski definition) is 3. The number of amides is 1. The van der Waals surface area contributed by atoms with Crippen LogP contribution in [0.4, 0.5) is 5.69 Å². The van der Waals surface area contributed by atoms with Crippen LogP contribution in [0.25, 0.3) is 0 Å². The first kappa shape index (κ1) is 12.5. The normalized spacial score (nSPS) is 11.1. The second kappa shape index (κ2) is 4.95. The van der Waals surface area contributed by atoms with Crippen LogP contribution >= 0.6 is 0 Å². The van der Waals surface area contributed by atoms with Gasteiger partial charge >= 0.3 is 0 Å². The van der Waals surface area contributed by atoms with Crippen LogP contribution in [0.5, 0.6) is 0 Å². The topological polar surface area (TPSA) is 115 Å². The van der Waals surface area contributed by atoms with Crippen molar-refractivity contribution in [1.29, 1.82) is 0 Å². The Morgan fingerprint density at radius 2 is 1.94 bits per heavy atom. The zero-order chi connectivity index (χ0) is 12.2. The summed E-state index contributed by atoms with van der Waals surface area (Å²) >= 11 is 0. The van der Waals surface area contributed by atoms with Gasteiger partial charge in [-0.3, -0.25) is 9.52 Å². The number of primary amides is 1. The molecular formula is C9H13N3O3S. The monoisotopic (exact) mass is 243 g/mol. The summed E-state index contributed by atoms with van der Waals surface area (Å²) in [4.78, 5) is 11.0. The van der Waals surface area contributed by atoms with Gasteiger partial charge in [-0.25, -0.2) is 8.42 Å². The maximum Gasteiger partial charge on any atom is 0.250 e. The SMILES string of the molecule is NCCS(=O)(=O)Nc1ccccc1C(N)=O. The van der Waals surface area contributed by atoms with Crippen molar-refractivity contribution in [3.8, 4) is 0 Å². The van der Waals surface area contributed by atoms with Crippen molar-refractivity contribution in [2.24, 2.45) is 11.5 Å². The van der Waals surface area contributed by atoms with E-state index in [-0.39, 0.29) is 23.5 Å². The second-order valence-corrected chi connectivity index (χ2v) is 4.96. The number of hydrogen-bond acceptors (Lipinski definition) is 4. The van der Waals surface area contributed by atoms with E-state index in [2.05, 4.69) is 4.72 Å². The van der Waals surface area contributed by atoms with Gasteiger partial charge in [-0.2, -0.15) is 0 Å². The Bertz CT molecular complexity index is 485. The van der Waals surface area contributed by atoms with Gasteiger partial charge in [-0.15, -0.1) is 0 Å². The maximum absolute atomic E-state index is 11.4. The molecule has 0 aliphatic heterocycles. The lowest BCUT2D eigenvalue weighted by atomic mass is 10.2. The second-order valence-electron chi connectivity index (χ2n) is 3.12. The van der Waals surface area contributed by atoms with E-state index < -0.39 is 15.9 Å². The zero-order valence-corrected chi connectivity index (χ0v) is 9.33. The molecule has 6 nitrogen and oxygen atoms in total. The fourth-order valence-electron chi connectivity index (χ4n) is 1.16. The molecule has 0 atom stereocenters. The molecule has 16 heavy (non-hydrogen) atoms. The van der Waals surface area contributed by atoms with Crippen molar-refractivity contribution >= 4 is 21.6 Å². The van der Waals surface area contributed by atoms with E-state index in [1.165, 1.54) is 12.1 Å². The Kier molecular flexibility index (Phi) is 3.86. The van der Waals surface area contributed by atoms with Crippen LogP contribution in [0.15, 0.2) is 24.3 Å². The van der Waals surface area contributed by atoms with E-state index >= 15 is 0 Å². The molecular weight excluding hydrogens is 230 g/mol. The molecule has 5 N–H and O–H groups in total. The molecule has 0 saturated carbocycles. The summed E-state index contributed by atoms with van der Waals surface area (Å²) in [6, 6.07) is 6.12. The summed E-state index contributed by atoms with van der Waals surface area (Å²) in [5.74, 6) is -0.897. The summed E-state index contributed by atoms with van der Waals surface area (Å²) in [6.07, 6.45) is 0. The van der Waals surface area contributed by atoms with Crippen molar-refractivity contribution in [3.05, 3.63) is 29.8 Å². The lowest BCUT2D eigenvalue weighted by molar-refractivity contribution is 0.100. The average Bonchev–Trinajstić information content (AvgIpc) is 2.17. The molecule has 0 fully saturated rings. The first-order valence-corrected chi connectivity index (χ1v) is 6.21. The smallest absolute Gasteiger partial charge is 0.250 e. The molecule has 0 radical (unpaired) electrons. The van der Waals surface area contributed by atoms with Crippen LogP contribution in [-0.4, -0.2) is 26.6 Å². The molecule has 1 rings (SSSR count). The average molecular weight is 243 g/mol. The first-order chi connectivity index (χ1) is 7.46. The van der Waals surface area contributed by atoms with Crippen LogP contribution in [0, 0.1) is 0 Å². The molecule has 0 bridgehead atoms. The third-order valence-electron chi connectivity index (χ3n) is 1.84. The minimum atomic E-state index is -3.52. The van der Waals surface area contributed by atoms with Gasteiger partial charge in [0.25, 0.3) is 5.91 Å². The summed E-state index contributed by atoms with van der Waals surface area (Å²) in [6.45, 7) is 0.00801. The number of nitrogens with one attached hydrogen (secondary N) is 1. The molecule has 0 saturated heterocycles. The predicted octanol–water partition coefficient (Wildman–Crippen LogP) is -0.514. The molecule has 7 heteroatoms. The van der Waals surface area contributed by atoms with Crippen LogP contribution < -0.4 is 16.2 Å². The molecule has 0 aliphatic carbocycles. The van der Waals surface area contributed by atoms with Gasteiger partial charge in [0, 0.05) is 6.54 Å². The summed E-state index contributed by atoms with van der Waals surface area (Å²) < 4.78 is 25.1. The molecule has 0 aliphatic rings. The fourth-order valence-corrected chi connectivity index (χ4v) is 2.09. The van der Waals surface area contributed by atoms with E-state index in [1.807, 2.05) is 0 Å². The molecule has 0 heterocycles. The number of rotatable bonds is 5. The Labute approximate surface area is 93.7 Å². The number of para-hydroxylation sites is 1. The minimum absolute atomic E-state index is 0.00801. The summed E-state index contributed by atoms with van der Waals surface area (Å²) in [5, 5.41) is 0. The molecule has 1 aromatic carbocycles. The molecule has 0 aromatic heterocycles. The zero-order valence-electron chi connectivity index (χ0n) is 8.51.